The van der Waals surface area contributed by atoms with Crippen molar-refractivity contribution in [1.29, 1.82) is 0 Å². The van der Waals surface area contributed by atoms with E-state index >= 15 is 0 Å². The molecule has 3 nitrogen and oxygen atoms in total. The zero-order chi connectivity index (χ0) is 10.1. The Kier molecular flexibility index (Phi) is 1.95. The van der Waals surface area contributed by atoms with Crippen LogP contribution < -0.4 is 5.32 Å². The molecule has 0 amide bonds. The number of rotatable bonds is 3. The molecule has 2 atom stereocenters. The molecule has 0 radical (unpaired) electrons. The number of anilines is 1. The van der Waals surface area contributed by atoms with Crippen molar-refractivity contribution in [2.75, 3.05) is 5.32 Å². The molecule has 1 aromatic carbocycles. The average Bonchev–Trinajstić information content (AvgIpc) is 2.84. The van der Waals surface area contributed by atoms with Gasteiger partial charge in [0.2, 0.25) is 0 Å². The molecule has 1 aliphatic rings. The highest BCUT2D eigenvalue weighted by Crippen LogP contribution is 2.42. The van der Waals surface area contributed by atoms with E-state index in [1.165, 1.54) is 12.0 Å². The first-order valence-electron chi connectivity index (χ1n) is 5.24. The molecule has 2 unspecified atom stereocenters. The summed E-state index contributed by atoms with van der Waals surface area (Å²) < 4.78 is 0. The fourth-order valence-electron chi connectivity index (χ4n) is 1.94. The van der Waals surface area contributed by atoms with E-state index in [9.17, 15) is 0 Å². The van der Waals surface area contributed by atoms with Gasteiger partial charge in [-0.3, -0.25) is 0 Å². The van der Waals surface area contributed by atoms with Gasteiger partial charge in [0, 0.05) is 24.4 Å². The number of hydrogen-bond donors (Lipinski definition) is 2. The number of nitrogens with one attached hydrogen (secondary N) is 2. The number of H-pyrrole nitrogens is 1. The zero-order valence-electron chi connectivity index (χ0n) is 8.35. The molecule has 0 aliphatic heterocycles. The van der Waals surface area contributed by atoms with Gasteiger partial charge in [0.15, 0.2) is 5.95 Å². The Morgan fingerprint density at radius 3 is 2.87 bits per heavy atom. The van der Waals surface area contributed by atoms with E-state index in [0.29, 0.717) is 12.0 Å². The molecule has 1 saturated carbocycles. The van der Waals surface area contributed by atoms with Gasteiger partial charge >= 0.3 is 0 Å². The maximum atomic E-state index is 4.16. The van der Waals surface area contributed by atoms with Gasteiger partial charge in [0.25, 0.3) is 0 Å². The standard InChI is InChI=1S/C12H13N3/c1-2-4-9(5-3-1)10-8-11(10)15-12-13-6-7-14-12/h1-7,10-11H,8H2,(H2,13,14,15). The van der Waals surface area contributed by atoms with Crippen molar-refractivity contribution in [3.05, 3.63) is 48.3 Å². The quantitative estimate of drug-likeness (QED) is 0.796. The van der Waals surface area contributed by atoms with Gasteiger partial charge in [0.05, 0.1) is 0 Å². The Morgan fingerprint density at radius 2 is 2.13 bits per heavy atom. The first kappa shape index (κ1) is 8.53. The molecule has 2 aromatic rings. The summed E-state index contributed by atoms with van der Waals surface area (Å²) in [5.41, 5.74) is 1.42. The minimum Gasteiger partial charge on any atom is -0.352 e. The van der Waals surface area contributed by atoms with Crippen LogP contribution in [0, 0.1) is 0 Å². The van der Waals surface area contributed by atoms with Crippen LogP contribution in [0.3, 0.4) is 0 Å². The van der Waals surface area contributed by atoms with Gasteiger partial charge in [0.1, 0.15) is 0 Å². The predicted molar refractivity (Wildman–Crippen MR) is 59.8 cm³/mol. The van der Waals surface area contributed by atoms with Crippen LogP contribution in [-0.2, 0) is 0 Å². The SMILES string of the molecule is c1ccc(C2CC2Nc2ncc[nH]2)cc1. The van der Waals surface area contributed by atoms with Gasteiger partial charge in [-0.05, 0) is 12.0 Å². The van der Waals surface area contributed by atoms with Crippen molar-refractivity contribution in [3.63, 3.8) is 0 Å². The van der Waals surface area contributed by atoms with E-state index in [0.717, 1.165) is 5.95 Å². The van der Waals surface area contributed by atoms with E-state index < -0.39 is 0 Å². The van der Waals surface area contributed by atoms with Crippen LogP contribution >= 0.6 is 0 Å². The van der Waals surface area contributed by atoms with Gasteiger partial charge < -0.3 is 10.3 Å². The van der Waals surface area contributed by atoms with E-state index in [-0.39, 0.29) is 0 Å². The molecule has 1 aliphatic carbocycles. The molecule has 1 heterocycles. The van der Waals surface area contributed by atoms with Gasteiger partial charge in [-0.2, -0.15) is 0 Å². The van der Waals surface area contributed by atoms with E-state index in [1.54, 1.807) is 6.20 Å². The molecule has 3 rings (SSSR count). The molecule has 2 N–H and O–H groups in total. The number of aromatic nitrogens is 2. The molecular formula is C12H13N3. The second kappa shape index (κ2) is 3.42. The normalized spacial score (nSPS) is 23.7. The van der Waals surface area contributed by atoms with Crippen molar-refractivity contribution in [1.82, 2.24) is 9.97 Å². The fourth-order valence-corrected chi connectivity index (χ4v) is 1.94. The molecule has 0 spiro atoms. The van der Waals surface area contributed by atoms with Crippen molar-refractivity contribution in [2.24, 2.45) is 0 Å². The fraction of sp³-hybridized carbons (Fsp3) is 0.250. The number of hydrogen-bond acceptors (Lipinski definition) is 2. The van der Waals surface area contributed by atoms with Crippen LogP contribution in [0.25, 0.3) is 0 Å². The Bertz CT molecular complexity index is 421. The van der Waals surface area contributed by atoms with Crippen molar-refractivity contribution < 1.29 is 0 Å². The van der Waals surface area contributed by atoms with Crippen molar-refractivity contribution >= 4 is 5.95 Å². The van der Waals surface area contributed by atoms with Crippen LogP contribution in [0.2, 0.25) is 0 Å². The zero-order valence-corrected chi connectivity index (χ0v) is 8.35. The molecule has 1 aromatic heterocycles. The first-order chi connectivity index (χ1) is 7.43. The smallest absolute Gasteiger partial charge is 0.200 e. The number of nitrogens with zero attached hydrogens (tertiary/aromatic N) is 1. The third kappa shape index (κ3) is 1.73. The number of benzene rings is 1. The lowest BCUT2D eigenvalue weighted by Gasteiger charge is -2.01. The minimum absolute atomic E-state index is 0.540. The number of imidazole rings is 1. The maximum Gasteiger partial charge on any atom is 0.200 e. The summed E-state index contributed by atoms with van der Waals surface area (Å²) in [6.07, 6.45) is 4.80. The predicted octanol–water partition coefficient (Wildman–Crippen LogP) is 2.38. The van der Waals surface area contributed by atoms with Crippen LogP contribution in [0.5, 0.6) is 0 Å². The summed E-state index contributed by atoms with van der Waals surface area (Å²) in [5.74, 6) is 1.52. The molecular weight excluding hydrogens is 186 g/mol. The Labute approximate surface area is 88.6 Å². The Balaban J connectivity index is 1.65. The van der Waals surface area contributed by atoms with Crippen LogP contribution in [0.1, 0.15) is 17.9 Å². The highest BCUT2D eigenvalue weighted by Gasteiger charge is 2.38. The minimum atomic E-state index is 0.540. The number of aromatic amines is 1. The third-order valence-electron chi connectivity index (χ3n) is 2.84. The second-order valence-corrected chi connectivity index (χ2v) is 3.94. The molecule has 0 bridgehead atoms. The molecule has 0 saturated heterocycles. The highest BCUT2D eigenvalue weighted by molar-refractivity contribution is 5.36. The summed E-state index contributed by atoms with van der Waals surface area (Å²) in [6, 6.07) is 11.2. The highest BCUT2D eigenvalue weighted by atomic mass is 15.1. The lowest BCUT2D eigenvalue weighted by Crippen LogP contribution is -2.05. The largest absolute Gasteiger partial charge is 0.352 e. The van der Waals surface area contributed by atoms with Gasteiger partial charge in [-0.1, -0.05) is 30.3 Å². The molecule has 3 heteroatoms. The molecule has 15 heavy (non-hydrogen) atoms. The summed E-state index contributed by atoms with van der Waals surface area (Å²) in [6.45, 7) is 0. The summed E-state index contributed by atoms with van der Waals surface area (Å²) in [4.78, 5) is 7.22. The molecule has 76 valence electrons. The lowest BCUT2D eigenvalue weighted by molar-refractivity contribution is 1.02. The monoisotopic (exact) mass is 199 g/mol. The second-order valence-electron chi connectivity index (χ2n) is 3.94. The topological polar surface area (TPSA) is 40.7 Å². The molecule has 1 fully saturated rings. The van der Waals surface area contributed by atoms with Crippen LogP contribution in [-0.4, -0.2) is 16.0 Å². The third-order valence-corrected chi connectivity index (χ3v) is 2.84. The Hall–Kier alpha value is -1.77. The van der Waals surface area contributed by atoms with E-state index in [2.05, 4.69) is 45.6 Å². The van der Waals surface area contributed by atoms with E-state index in [4.69, 9.17) is 0 Å². The van der Waals surface area contributed by atoms with Gasteiger partial charge in [-0.15, -0.1) is 0 Å². The Morgan fingerprint density at radius 1 is 1.27 bits per heavy atom. The summed E-state index contributed by atoms with van der Waals surface area (Å²) >= 11 is 0. The van der Waals surface area contributed by atoms with E-state index in [1.807, 2.05) is 6.20 Å². The maximum absolute atomic E-state index is 4.16. The summed E-state index contributed by atoms with van der Waals surface area (Å²) in [7, 11) is 0. The van der Waals surface area contributed by atoms with Crippen molar-refractivity contribution in [3.8, 4) is 0 Å². The average molecular weight is 199 g/mol. The summed E-state index contributed by atoms with van der Waals surface area (Å²) in [5, 5.41) is 3.38. The van der Waals surface area contributed by atoms with Crippen molar-refractivity contribution in [2.45, 2.75) is 18.4 Å². The van der Waals surface area contributed by atoms with Gasteiger partial charge in [-0.25, -0.2) is 4.98 Å². The first-order valence-corrected chi connectivity index (χ1v) is 5.24. The van der Waals surface area contributed by atoms with Crippen LogP contribution in [0.4, 0.5) is 5.95 Å². The lowest BCUT2D eigenvalue weighted by atomic mass is 10.1. The van der Waals surface area contributed by atoms with Crippen LogP contribution in [0.15, 0.2) is 42.7 Å².